The van der Waals surface area contributed by atoms with Gasteiger partial charge in [-0.2, -0.15) is 4.98 Å². The molecule has 0 unspecified atom stereocenters. The van der Waals surface area contributed by atoms with Crippen molar-refractivity contribution in [3.8, 4) is 11.5 Å². The maximum Gasteiger partial charge on any atom is 0.258 e. The third kappa shape index (κ3) is 2.24. The van der Waals surface area contributed by atoms with E-state index in [1.165, 1.54) is 13.2 Å². The van der Waals surface area contributed by atoms with Gasteiger partial charge in [-0.3, -0.25) is 14.6 Å². The van der Waals surface area contributed by atoms with Gasteiger partial charge in [0.25, 0.3) is 5.56 Å². The van der Waals surface area contributed by atoms with Gasteiger partial charge in [0, 0.05) is 12.3 Å². The van der Waals surface area contributed by atoms with Crippen LogP contribution in [0.15, 0.2) is 23.0 Å². The summed E-state index contributed by atoms with van der Waals surface area (Å²) in [7, 11) is 1.43. The summed E-state index contributed by atoms with van der Waals surface area (Å²) >= 11 is 0. The number of anilines is 2. The van der Waals surface area contributed by atoms with E-state index in [4.69, 9.17) is 10.5 Å². The third-order valence-corrected chi connectivity index (χ3v) is 3.58. The molecule has 2 aromatic rings. The molecule has 5 N–H and O–H groups in total. The van der Waals surface area contributed by atoms with E-state index in [0.29, 0.717) is 11.1 Å². The van der Waals surface area contributed by atoms with Crippen molar-refractivity contribution >= 4 is 17.7 Å². The first-order valence-electron chi connectivity index (χ1n) is 6.56. The van der Waals surface area contributed by atoms with Crippen LogP contribution in [-0.2, 0) is 4.79 Å². The summed E-state index contributed by atoms with van der Waals surface area (Å²) in [6.45, 7) is 0. The number of hydrogen-bond acceptors (Lipinski definition) is 6. The molecule has 1 aromatic heterocycles. The number of amides is 1. The third-order valence-electron chi connectivity index (χ3n) is 3.58. The number of rotatable bonds is 2. The van der Waals surface area contributed by atoms with E-state index in [1.807, 2.05) is 0 Å². The number of aromatic nitrogens is 2. The number of phenolic OH excluding ortho intramolecular Hbond substituents is 1. The zero-order chi connectivity index (χ0) is 15.9. The minimum absolute atomic E-state index is 0.0175. The van der Waals surface area contributed by atoms with Gasteiger partial charge < -0.3 is 20.9 Å². The molecule has 114 valence electrons. The van der Waals surface area contributed by atoms with Crippen LogP contribution in [0.25, 0.3) is 0 Å². The molecule has 1 atom stereocenters. The molecule has 2 heterocycles. The van der Waals surface area contributed by atoms with E-state index < -0.39 is 11.5 Å². The molecular formula is C14H14N4O4. The molecule has 1 aliphatic heterocycles. The molecule has 22 heavy (non-hydrogen) atoms. The standard InChI is InChI=1S/C14H14N4O4/c1-22-9-4-6(2-3-8(9)19)7-5-10(20)16-12-11(7)13(21)18-14(15)17-12/h2-4,7,19H,5H2,1H3,(H4,15,16,17,18,20,21)/t7-/m1/s1. The molecular weight excluding hydrogens is 288 g/mol. The highest BCUT2D eigenvalue weighted by Gasteiger charge is 2.31. The van der Waals surface area contributed by atoms with E-state index in [9.17, 15) is 14.7 Å². The number of phenols is 1. The van der Waals surface area contributed by atoms with Gasteiger partial charge in [-0.1, -0.05) is 6.07 Å². The highest BCUT2D eigenvalue weighted by atomic mass is 16.5. The molecule has 0 spiro atoms. The summed E-state index contributed by atoms with van der Waals surface area (Å²) in [6, 6.07) is 4.69. The Bertz CT molecular complexity index is 815. The quantitative estimate of drug-likeness (QED) is 0.640. The molecule has 0 aliphatic carbocycles. The van der Waals surface area contributed by atoms with E-state index >= 15 is 0 Å². The lowest BCUT2D eigenvalue weighted by Crippen LogP contribution is -2.31. The number of nitrogens with zero attached hydrogens (tertiary/aromatic N) is 1. The normalized spacial score (nSPS) is 16.8. The van der Waals surface area contributed by atoms with E-state index in [2.05, 4.69) is 15.3 Å². The van der Waals surface area contributed by atoms with Crippen molar-refractivity contribution in [1.82, 2.24) is 9.97 Å². The summed E-state index contributed by atoms with van der Waals surface area (Å²) in [6.07, 6.45) is 0.0929. The molecule has 0 radical (unpaired) electrons. The first-order valence-corrected chi connectivity index (χ1v) is 6.56. The Hall–Kier alpha value is -3.03. The van der Waals surface area contributed by atoms with Gasteiger partial charge in [-0.25, -0.2) is 0 Å². The number of methoxy groups -OCH3 is 1. The van der Waals surface area contributed by atoms with Gasteiger partial charge in [0.2, 0.25) is 11.9 Å². The molecule has 8 heteroatoms. The molecule has 0 saturated heterocycles. The molecule has 0 saturated carbocycles. The van der Waals surface area contributed by atoms with E-state index in [0.717, 1.165) is 0 Å². The van der Waals surface area contributed by atoms with Crippen molar-refractivity contribution in [2.24, 2.45) is 0 Å². The number of benzene rings is 1. The van der Waals surface area contributed by atoms with Crippen LogP contribution in [0, 0.1) is 0 Å². The first kappa shape index (κ1) is 13.9. The van der Waals surface area contributed by atoms with E-state index in [-0.39, 0.29) is 35.6 Å². The second kappa shape index (κ2) is 5.06. The average molecular weight is 302 g/mol. The monoisotopic (exact) mass is 302 g/mol. The lowest BCUT2D eigenvalue weighted by Gasteiger charge is -2.24. The van der Waals surface area contributed by atoms with Crippen molar-refractivity contribution in [2.45, 2.75) is 12.3 Å². The summed E-state index contributed by atoms with van der Waals surface area (Å²) in [5, 5.41) is 12.2. The maximum absolute atomic E-state index is 12.2. The summed E-state index contributed by atoms with van der Waals surface area (Å²) in [4.78, 5) is 30.5. The molecule has 1 aromatic carbocycles. The second-order valence-corrected chi connectivity index (χ2v) is 4.95. The molecule has 1 aliphatic rings. The number of fused-ring (bicyclic) bond motifs is 1. The van der Waals surface area contributed by atoms with Crippen molar-refractivity contribution in [2.75, 3.05) is 18.2 Å². The van der Waals surface area contributed by atoms with Crippen molar-refractivity contribution in [1.29, 1.82) is 0 Å². The van der Waals surface area contributed by atoms with Gasteiger partial charge in [-0.05, 0) is 17.7 Å². The Kier molecular flexibility index (Phi) is 3.21. The lowest BCUT2D eigenvalue weighted by atomic mass is 9.86. The lowest BCUT2D eigenvalue weighted by molar-refractivity contribution is -0.116. The number of nitrogens with two attached hydrogens (primary N) is 1. The Morgan fingerprint density at radius 3 is 2.91 bits per heavy atom. The van der Waals surface area contributed by atoms with Crippen LogP contribution in [0.3, 0.4) is 0 Å². The predicted octanol–water partition coefficient (Wildman–Crippen LogP) is 0.540. The fraction of sp³-hybridized carbons (Fsp3) is 0.214. The Labute approximate surface area is 125 Å². The second-order valence-electron chi connectivity index (χ2n) is 4.95. The Morgan fingerprint density at radius 1 is 1.41 bits per heavy atom. The smallest absolute Gasteiger partial charge is 0.258 e. The summed E-state index contributed by atoms with van der Waals surface area (Å²) in [5.74, 6) is -0.402. The molecule has 8 nitrogen and oxygen atoms in total. The Morgan fingerprint density at radius 2 is 2.18 bits per heavy atom. The number of ether oxygens (including phenoxy) is 1. The molecule has 0 fully saturated rings. The van der Waals surface area contributed by atoms with Crippen molar-refractivity contribution in [3.05, 3.63) is 39.7 Å². The van der Waals surface area contributed by atoms with Crippen LogP contribution in [0.2, 0.25) is 0 Å². The minimum Gasteiger partial charge on any atom is -0.504 e. The molecule has 1 amide bonds. The predicted molar refractivity (Wildman–Crippen MR) is 79.0 cm³/mol. The first-order chi connectivity index (χ1) is 10.5. The number of hydrogen-bond donors (Lipinski definition) is 4. The van der Waals surface area contributed by atoms with Gasteiger partial charge in [0.05, 0.1) is 12.7 Å². The fourth-order valence-electron chi connectivity index (χ4n) is 2.58. The van der Waals surface area contributed by atoms with Crippen LogP contribution in [0.1, 0.15) is 23.5 Å². The number of H-pyrrole nitrogens is 1. The molecule has 3 rings (SSSR count). The largest absolute Gasteiger partial charge is 0.504 e. The average Bonchev–Trinajstić information content (AvgIpc) is 2.46. The topological polar surface area (TPSA) is 130 Å². The highest BCUT2D eigenvalue weighted by Crippen LogP contribution is 2.37. The number of carbonyl (C=O) groups excluding carboxylic acids is 1. The van der Waals surface area contributed by atoms with Gasteiger partial charge >= 0.3 is 0 Å². The van der Waals surface area contributed by atoms with Crippen molar-refractivity contribution in [3.63, 3.8) is 0 Å². The minimum atomic E-state index is -0.491. The van der Waals surface area contributed by atoms with Crippen LogP contribution in [-0.4, -0.2) is 28.1 Å². The van der Waals surface area contributed by atoms with Crippen LogP contribution < -0.4 is 21.3 Å². The number of carbonyl (C=O) groups is 1. The fourth-order valence-corrected chi connectivity index (χ4v) is 2.58. The van der Waals surface area contributed by atoms with Gasteiger partial charge in [0.15, 0.2) is 11.5 Å². The zero-order valence-corrected chi connectivity index (χ0v) is 11.7. The van der Waals surface area contributed by atoms with Gasteiger partial charge in [-0.15, -0.1) is 0 Å². The number of nitrogens with one attached hydrogen (secondary N) is 2. The number of aromatic hydroxyl groups is 1. The van der Waals surface area contributed by atoms with Crippen LogP contribution in [0.4, 0.5) is 11.8 Å². The zero-order valence-electron chi connectivity index (χ0n) is 11.7. The SMILES string of the molecule is COc1cc([C@H]2CC(=O)Nc3nc(N)[nH]c(=O)c32)ccc1O. The number of aromatic amines is 1. The summed E-state index contributed by atoms with van der Waals surface area (Å²) < 4.78 is 5.07. The van der Waals surface area contributed by atoms with Crippen molar-refractivity contribution < 1.29 is 14.6 Å². The highest BCUT2D eigenvalue weighted by molar-refractivity contribution is 5.94. The van der Waals surface area contributed by atoms with Gasteiger partial charge in [0.1, 0.15) is 5.82 Å². The number of nitrogen functional groups attached to an aromatic ring is 1. The van der Waals surface area contributed by atoms with Crippen LogP contribution >= 0.6 is 0 Å². The van der Waals surface area contributed by atoms with Crippen LogP contribution in [0.5, 0.6) is 11.5 Å². The molecule has 0 bridgehead atoms. The summed E-state index contributed by atoms with van der Waals surface area (Å²) in [5.41, 5.74) is 6.11. The maximum atomic E-state index is 12.2. The Balaban J connectivity index is 2.17. The van der Waals surface area contributed by atoms with E-state index in [1.54, 1.807) is 12.1 Å².